The molecule has 0 atom stereocenters. The van der Waals surface area contributed by atoms with Crippen molar-refractivity contribution in [3.05, 3.63) is 28.7 Å². The Kier molecular flexibility index (Phi) is 4.57. The van der Waals surface area contributed by atoms with Gasteiger partial charge in [0.25, 0.3) is 0 Å². The molecule has 1 aliphatic heterocycles. The monoisotopic (exact) mass is 297 g/mol. The molecule has 0 aromatic heterocycles. The summed E-state index contributed by atoms with van der Waals surface area (Å²) in [4.78, 5) is 13.4. The van der Waals surface area contributed by atoms with E-state index in [1.54, 1.807) is 0 Å². The summed E-state index contributed by atoms with van der Waals surface area (Å²) >= 11 is 3.45. The van der Waals surface area contributed by atoms with Crippen molar-refractivity contribution in [3.63, 3.8) is 0 Å². The number of halogens is 1. The first-order valence-electron chi connectivity index (χ1n) is 5.87. The lowest BCUT2D eigenvalue weighted by atomic mass is 10.1. The van der Waals surface area contributed by atoms with Crippen molar-refractivity contribution in [1.82, 2.24) is 4.90 Å². The Hall–Kier alpha value is -0.870. The highest BCUT2D eigenvalue weighted by Gasteiger charge is 2.15. The van der Waals surface area contributed by atoms with Crippen LogP contribution in [-0.2, 0) is 4.79 Å². The van der Waals surface area contributed by atoms with E-state index in [4.69, 9.17) is 4.74 Å². The number of likely N-dealkylation sites (tertiary alicyclic amines) is 1. The summed E-state index contributed by atoms with van der Waals surface area (Å²) in [6.45, 7) is 3.29. The minimum absolute atomic E-state index is 0.382. The van der Waals surface area contributed by atoms with Gasteiger partial charge in [-0.15, -0.1) is 0 Å². The van der Waals surface area contributed by atoms with Crippen LogP contribution in [0.2, 0.25) is 0 Å². The third kappa shape index (κ3) is 3.82. The van der Waals surface area contributed by atoms with Gasteiger partial charge in [-0.1, -0.05) is 12.1 Å². The molecule has 0 amide bonds. The Morgan fingerprint density at radius 3 is 2.65 bits per heavy atom. The topological polar surface area (TPSA) is 29.5 Å². The lowest BCUT2D eigenvalue weighted by molar-refractivity contribution is -0.121. The van der Waals surface area contributed by atoms with Gasteiger partial charge < -0.3 is 4.74 Å². The average Bonchev–Trinajstić information content (AvgIpc) is 2.34. The van der Waals surface area contributed by atoms with Crippen molar-refractivity contribution in [2.24, 2.45) is 0 Å². The molecule has 1 aromatic carbocycles. The number of ether oxygens (including phenoxy) is 1. The third-order valence-corrected chi connectivity index (χ3v) is 3.57. The van der Waals surface area contributed by atoms with Crippen LogP contribution in [0.25, 0.3) is 0 Å². The molecule has 0 aliphatic carbocycles. The van der Waals surface area contributed by atoms with Crippen LogP contribution in [0, 0.1) is 0 Å². The maximum atomic E-state index is 11.1. The first kappa shape index (κ1) is 12.6. The number of hydrogen-bond acceptors (Lipinski definition) is 3. The van der Waals surface area contributed by atoms with Crippen molar-refractivity contribution in [1.29, 1.82) is 0 Å². The van der Waals surface area contributed by atoms with E-state index in [9.17, 15) is 4.79 Å². The van der Waals surface area contributed by atoms with Crippen LogP contribution >= 0.6 is 15.9 Å². The van der Waals surface area contributed by atoms with E-state index in [2.05, 4.69) is 20.8 Å². The molecule has 0 N–H and O–H groups in total. The van der Waals surface area contributed by atoms with Crippen molar-refractivity contribution < 1.29 is 9.53 Å². The second-order valence-corrected chi connectivity index (χ2v) is 5.01. The third-order valence-electron chi connectivity index (χ3n) is 2.92. The number of piperidine rings is 1. The molecule has 1 aromatic rings. The van der Waals surface area contributed by atoms with Crippen molar-refractivity contribution in [2.45, 2.75) is 12.8 Å². The van der Waals surface area contributed by atoms with Crippen molar-refractivity contribution >= 4 is 21.7 Å². The van der Waals surface area contributed by atoms with Gasteiger partial charge in [-0.3, -0.25) is 9.69 Å². The van der Waals surface area contributed by atoms with E-state index in [-0.39, 0.29) is 0 Å². The minimum atomic E-state index is 0.382. The van der Waals surface area contributed by atoms with Crippen LogP contribution < -0.4 is 4.74 Å². The second kappa shape index (κ2) is 6.17. The van der Waals surface area contributed by atoms with Gasteiger partial charge in [-0.2, -0.15) is 0 Å². The fourth-order valence-electron chi connectivity index (χ4n) is 1.87. The number of Topliss-reactive ketones (excluding diaryl/α,β-unsaturated/α-hetero) is 1. The van der Waals surface area contributed by atoms with E-state index >= 15 is 0 Å². The number of rotatable bonds is 4. The van der Waals surface area contributed by atoms with Crippen LogP contribution in [0.4, 0.5) is 0 Å². The summed E-state index contributed by atoms with van der Waals surface area (Å²) in [6.07, 6.45) is 1.38. The molecule has 3 nitrogen and oxygen atoms in total. The quantitative estimate of drug-likeness (QED) is 0.855. The van der Waals surface area contributed by atoms with Gasteiger partial charge in [0.2, 0.25) is 0 Å². The van der Waals surface area contributed by atoms with E-state index in [1.807, 2.05) is 24.3 Å². The number of hydrogen-bond donors (Lipinski definition) is 0. The predicted molar refractivity (Wildman–Crippen MR) is 70.3 cm³/mol. The highest BCUT2D eigenvalue weighted by Crippen LogP contribution is 2.23. The first-order valence-corrected chi connectivity index (χ1v) is 6.66. The molecule has 1 saturated heterocycles. The molecule has 0 saturated carbocycles. The Labute approximate surface area is 110 Å². The highest BCUT2D eigenvalue weighted by molar-refractivity contribution is 9.10. The van der Waals surface area contributed by atoms with Crippen LogP contribution in [0.1, 0.15) is 12.8 Å². The Morgan fingerprint density at radius 2 is 1.94 bits per heavy atom. The molecule has 92 valence electrons. The summed E-state index contributed by atoms with van der Waals surface area (Å²) in [5, 5.41) is 0. The SMILES string of the molecule is O=C1CCN(CCOc2ccccc2Br)CC1. The Balaban J connectivity index is 1.73. The molecule has 0 radical (unpaired) electrons. The number of carbonyl (C=O) groups excluding carboxylic acids is 1. The summed E-state index contributed by atoms with van der Waals surface area (Å²) in [5.74, 6) is 1.26. The van der Waals surface area contributed by atoms with Gasteiger partial charge >= 0.3 is 0 Å². The van der Waals surface area contributed by atoms with Gasteiger partial charge in [0.1, 0.15) is 18.1 Å². The van der Waals surface area contributed by atoms with Crippen LogP contribution in [0.3, 0.4) is 0 Å². The number of benzene rings is 1. The van der Waals surface area contributed by atoms with Crippen molar-refractivity contribution in [2.75, 3.05) is 26.2 Å². The molecule has 4 heteroatoms. The van der Waals surface area contributed by atoms with Gasteiger partial charge in [0.05, 0.1) is 4.47 Å². The van der Waals surface area contributed by atoms with Crippen LogP contribution in [0.5, 0.6) is 5.75 Å². The molecule has 1 aliphatic rings. The summed E-state index contributed by atoms with van der Waals surface area (Å²) in [5.41, 5.74) is 0. The van der Waals surface area contributed by atoms with Gasteiger partial charge in [-0.05, 0) is 28.1 Å². The average molecular weight is 298 g/mol. The second-order valence-electron chi connectivity index (χ2n) is 4.16. The summed E-state index contributed by atoms with van der Waals surface area (Å²) in [7, 11) is 0. The van der Waals surface area contributed by atoms with E-state index in [0.717, 1.165) is 29.9 Å². The van der Waals surface area contributed by atoms with Gasteiger partial charge in [-0.25, -0.2) is 0 Å². The molecule has 17 heavy (non-hydrogen) atoms. The van der Waals surface area contributed by atoms with Gasteiger partial charge in [0, 0.05) is 32.5 Å². The zero-order valence-electron chi connectivity index (χ0n) is 9.69. The molecule has 0 unspecified atom stereocenters. The molecular weight excluding hydrogens is 282 g/mol. The van der Waals surface area contributed by atoms with E-state index in [1.165, 1.54) is 0 Å². The smallest absolute Gasteiger partial charge is 0.135 e. The largest absolute Gasteiger partial charge is 0.491 e. The highest BCUT2D eigenvalue weighted by atomic mass is 79.9. The van der Waals surface area contributed by atoms with E-state index in [0.29, 0.717) is 25.2 Å². The van der Waals surface area contributed by atoms with Crippen LogP contribution in [-0.4, -0.2) is 36.9 Å². The Morgan fingerprint density at radius 1 is 1.24 bits per heavy atom. The zero-order valence-corrected chi connectivity index (χ0v) is 11.3. The maximum absolute atomic E-state index is 11.1. The maximum Gasteiger partial charge on any atom is 0.135 e. The van der Waals surface area contributed by atoms with Crippen LogP contribution in [0.15, 0.2) is 28.7 Å². The lowest BCUT2D eigenvalue weighted by Gasteiger charge is -2.25. The number of para-hydroxylation sites is 1. The molecule has 1 fully saturated rings. The fourth-order valence-corrected chi connectivity index (χ4v) is 2.27. The molecule has 1 heterocycles. The normalized spacial score (nSPS) is 17.1. The number of nitrogens with zero attached hydrogens (tertiary/aromatic N) is 1. The molecule has 0 bridgehead atoms. The number of ketones is 1. The summed E-state index contributed by atoms with van der Waals surface area (Å²) in [6, 6.07) is 7.84. The first-order chi connectivity index (χ1) is 8.25. The standard InChI is InChI=1S/C13H16BrNO2/c14-12-3-1-2-4-13(12)17-10-9-15-7-5-11(16)6-8-15/h1-4H,5-10H2. The van der Waals surface area contributed by atoms with E-state index < -0.39 is 0 Å². The zero-order chi connectivity index (χ0) is 12.1. The Bertz CT molecular complexity index is 385. The molecular formula is C13H16BrNO2. The van der Waals surface area contributed by atoms with Gasteiger partial charge in [0.15, 0.2) is 0 Å². The minimum Gasteiger partial charge on any atom is -0.491 e. The van der Waals surface area contributed by atoms with Crippen molar-refractivity contribution in [3.8, 4) is 5.75 Å². The lowest BCUT2D eigenvalue weighted by Crippen LogP contribution is -2.36. The fraction of sp³-hybridized carbons (Fsp3) is 0.462. The number of carbonyl (C=O) groups is 1. The molecule has 2 rings (SSSR count). The molecule has 0 spiro atoms. The predicted octanol–water partition coefficient (Wildman–Crippen LogP) is 2.49. The summed E-state index contributed by atoms with van der Waals surface area (Å²) < 4.78 is 6.67.